The molecule has 0 aromatic rings. The van der Waals surface area contributed by atoms with E-state index in [1.165, 1.54) is 0 Å². The highest BCUT2D eigenvalue weighted by Gasteiger charge is 2.09. The summed E-state index contributed by atoms with van der Waals surface area (Å²) in [6.45, 7) is 10.7. The maximum Gasteiger partial charge on any atom is 0.303 e. The molecule has 0 aromatic heterocycles. The Morgan fingerprint density at radius 2 is 1.94 bits per heavy atom. The molecule has 17 heavy (non-hydrogen) atoms. The van der Waals surface area contributed by atoms with Crippen LogP contribution in [0, 0.1) is 5.92 Å². The lowest BCUT2D eigenvalue weighted by Crippen LogP contribution is -2.27. The largest absolute Gasteiger partial charge is 0.481 e. The van der Waals surface area contributed by atoms with E-state index in [0.29, 0.717) is 12.5 Å². The van der Waals surface area contributed by atoms with E-state index in [1.807, 2.05) is 20.8 Å². The Bertz CT molecular complexity index is 211. The minimum absolute atomic E-state index is 0.0730. The minimum Gasteiger partial charge on any atom is -0.481 e. The van der Waals surface area contributed by atoms with Gasteiger partial charge in [-0.05, 0) is 46.1 Å². The van der Waals surface area contributed by atoms with Gasteiger partial charge in [-0.25, -0.2) is 0 Å². The summed E-state index contributed by atoms with van der Waals surface area (Å²) in [6, 6.07) is 0. The number of carbonyl (C=O) groups is 1. The molecule has 0 rings (SSSR count). The van der Waals surface area contributed by atoms with E-state index in [4.69, 9.17) is 9.84 Å². The third kappa shape index (κ3) is 13.3. The summed E-state index contributed by atoms with van der Waals surface area (Å²) < 4.78 is 5.58. The van der Waals surface area contributed by atoms with Crippen molar-refractivity contribution < 1.29 is 14.6 Å². The normalized spacial score (nSPS) is 13.6. The lowest BCUT2D eigenvalue weighted by atomic mass is 10.0. The zero-order chi connectivity index (χ0) is 13.3. The highest BCUT2D eigenvalue weighted by Crippen LogP contribution is 2.09. The fourth-order valence-electron chi connectivity index (χ4n) is 1.42. The number of rotatable bonds is 9. The molecule has 2 N–H and O–H groups in total. The van der Waals surface area contributed by atoms with Gasteiger partial charge in [-0.2, -0.15) is 0 Å². The third-order valence-corrected chi connectivity index (χ3v) is 2.48. The van der Waals surface area contributed by atoms with Crippen LogP contribution >= 0.6 is 0 Å². The second-order valence-corrected chi connectivity index (χ2v) is 5.54. The number of hydrogen-bond acceptors (Lipinski definition) is 3. The minimum atomic E-state index is -0.705. The standard InChI is InChI=1S/C13H27NO3/c1-11(5-6-12(15)16)7-8-14-9-10-17-13(2,3)4/h11,14H,5-10H2,1-4H3,(H,15,16). The SMILES string of the molecule is CC(CCNCCOC(C)(C)C)CCC(=O)O. The van der Waals surface area contributed by atoms with E-state index >= 15 is 0 Å². The van der Waals surface area contributed by atoms with Crippen molar-refractivity contribution in [1.82, 2.24) is 5.32 Å². The molecule has 0 aromatic carbocycles. The molecule has 102 valence electrons. The van der Waals surface area contributed by atoms with E-state index in [1.54, 1.807) is 0 Å². The van der Waals surface area contributed by atoms with Crippen molar-refractivity contribution in [2.24, 2.45) is 5.92 Å². The van der Waals surface area contributed by atoms with E-state index in [2.05, 4.69) is 12.2 Å². The average molecular weight is 245 g/mol. The Hall–Kier alpha value is -0.610. The van der Waals surface area contributed by atoms with Gasteiger partial charge in [0.1, 0.15) is 0 Å². The molecule has 4 heteroatoms. The number of hydrogen-bond donors (Lipinski definition) is 2. The molecule has 0 saturated heterocycles. The maximum absolute atomic E-state index is 10.4. The summed E-state index contributed by atoms with van der Waals surface area (Å²) in [7, 11) is 0. The molecule has 0 amide bonds. The fraction of sp³-hybridized carbons (Fsp3) is 0.923. The number of nitrogens with one attached hydrogen (secondary N) is 1. The molecule has 4 nitrogen and oxygen atoms in total. The van der Waals surface area contributed by atoms with E-state index in [-0.39, 0.29) is 12.0 Å². The fourth-order valence-corrected chi connectivity index (χ4v) is 1.42. The summed E-state index contributed by atoms with van der Waals surface area (Å²) in [5.74, 6) is -0.245. The molecule has 0 heterocycles. The predicted octanol–water partition coefficient (Wildman–Crippen LogP) is 2.28. The van der Waals surface area contributed by atoms with Crippen molar-refractivity contribution in [2.45, 2.75) is 52.6 Å². The van der Waals surface area contributed by atoms with Gasteiger partial charge in [0, 0.05) is 13.0 Å². The van der Waals surface area contributed by atoms with Gasteiger partial charge in [-0.3, -0.25) is 4.79 Å². The second kappa shape index (κ2) is 8.48. The van der Waals surface area contributed by atoms with Gasteiger partial charge in [0.05, 0.1) is 12.2 Å². The number of carboxylic acids is 1. The van der Waals surface area contributed by atoms with Crippen LogP contribution in [0.5, 0.6) is 0 Å². The predicted molar refractivity (Wildman–Crippen MR) is 69.2 cm³/mol. The summed E-state index contributed by atoms with van der Waals surface area (Å²) >= 11 is 0. The zero-order valence-corrected chi connectivity index (χ0v) is 11.6. The number of carboxylic acid groups (broad SMARTS) is 1. The van der Waals surface area contributed by atoms with Gasteiger partial charge < -0.3 is 15.2 Å². The topological polar surface area (TPSA) is 58.6 Å². The van der Waals surface area contributed by atoms with Crippen LogP contribution in [0.15, 0.2) is 0 Å². The van der Waals surface area contributed by atoms with Crippen molar-refractivity contribution in [3.05, 3.63) is 0 Å². The quantitative estimate of drug-likeness (QED) is 0.612. The van der Waals surface area contributed by atoms with Crippen molar-refractivity contribution in [2.75, 3.05) is 19.7 Å². The van der Waals surface area contributed by atoms with Crippen LogP contribution in [0.4, 0.5) is 0 Å². The number of aliphatic carboxylic acids is 1. The molecule has 0 saturated carbocycles. The van der Waals surface area contributed by atoms with Gasteiger partial charge in [-0.1, -0.05) is 6.92 Å². The van der Waals surface area contributed by atoms with Crippen molar-refractivity contribution >= 4 is 5.97 Å². The second-order valence-electron chi connectivity index (χ2n) is 5.54. The molecule has 0 aliphatic carbocycles. The summed E-state index contributed by atoms with van der Waals surface area (Å²) in [4.78, 5) is 10.4. The van der Waals surface area contributed by atoms with E-state index in [0.717, 1.165) is 25.9 Å². The maximum atomic E-state index is 10.4. The monoisotopic (exact) mass is 245 g/mol. The summed E-state index contributed by atoms with van der Waals surface area (Å²) in [5.41, 5.74) is -0.0730. The highest BCUT2D eigenvalue weighted by atomic mass is 16.5. The molecule has 0 fully saturated rings. The molecule has 1 atom stereocenters. The smallest absolute Gasteiger partial charge is 0.303 e. The molecule has 0 bridgehead atoms. The first-order valence-electron chi connectivity index (χ1n) is 6.38. The molecule has 0 spiro atoms. The Labute approximate surface area is 105 Å². The first-order valence-corrected chi connectivity index (χ1v) is 6.38. The molecule has 1 unspecified atom stereocenters. The van der Waals surface area contributed by atoms with E-state index in [9.17, 15) is 4.79 Å². The van der Waals surface area contributed by atoms with Gasteiger partial charge in [0.2, 0.25) is 0 Å². The van der Waals surface area contributed by atoms with Crippen molar-refractivity contribution in [3.63, 3.8) is 0 Å². The van der Waals surface area contributed by atoms with Crippen LogP contribution in [-0.2, 0) is 9.53 Å². The summed E-state index contributed by atoms with van der Waals surface area (Å²) in [6.07, 6.45) is 2.05. The van der Waals surface area contributed by atoms with Gasteiger partial charge >= 0.3 is 5.97 Å². The van der Waals surface area contributed by atoms with Gasteiger partial charge in [0.25, 0.3) is 0 Å². The van der Waals surface area contributed by atoms with Crippen LogP contribution in [-0.4, -0.2) is 36.4 Å². The summed E-state index contributed by atoms with van der Waals surface area (Å²) in [5, 5.41) is 11.9. The molecule has 0 radical (unpaired) electrons. The third-order valence-electron chi connectivity index (χ3n) is 2.48. The van der Waals surface area contributed by atoms with Crippen molar-refractivity contribution in [1.29, 1.82) is 0 Å². The Morgan fingerprint density at radius 1 is 1.29 bits per heavy atom. The Balaban J connectivity index is 3.30. The van der Waals surface area contributed by atoms with Gasteiger partial charge in [0.15, 0.2) is 0 Å². The molecular formula is C13H27NO3. The van der Waals surface area contributed by atoms with E-state index < -0.39 is 5.97 Å². The first kappa shape index (κ1) is 16.4. The lowest BCUT2D eigenvalue weighted by Gasteiger charge is -2.19. The van der Waals surface area contributed by atoms with Crippen LogP contribution < -0.4 is 5.32 Å². The Kier molecular flexibility index (Phi) is 8.17. The van der Waals surface area contributed by atoms with Crippen LogP contribution in [0.1, 0.15) is 47.0 Å². The number of ether oxygens (including phenoxy) is 1. The van der Waals surface area contributed by atoms with Gasteiger partial charge in [-0.15, -0.1) is 0 Å². The van der Waals surface area contributed by atoms with Crippen LogP contribution in [0.25, 0.3) is 0 Å². The average Bonchev–Trinajstić information content (AvgIpc) is 2.18. The first-order chi connectivity index (χ1) is 7.81. The molecular weight excluding hydrogens is 218 g/mol. The van der Waals surface area contributed by atoms with Crippen LogP contribution in [0.3, 0.4) is 0 Å². The van der Waals surface area contributed by atoms with Crippen LogP contribution in [0.2, 0.25) is 0 Å². The van der Waals surface area contributed by atoms with Crippen molar-refractivity contribution in [3.8, 4) is 0 Å². The zero-order valence-electron chi connectivity index (χ0n) is 11.6. The molecule has 0 aliphatic heterocycles. The highest BCUT2D eigenvalue weighted by molar-refractivity contribution is 5.66. The molecule has 0 aliphatic rings. The Morgan fingerprint density at radius 3 is 2.47 bits per heavy atom. The lowest BCUT2D eigenvalue weighted by molar-refractivity contribution is -0.137.